The maximum absolute atomic E-state index is 6.29. The van der Waals surface area contributed by atoms with Crippen LogP contribution in [0.4, 0.5) is 0 Å². The minimum atomic E-state index is 0.00372. The average Bonchev–Trinajstić information content (AvgIpc) is 2.95. The number of hydrogen-bond acceptors (Lipinski definition) is 3. The molecule has 84 valence electrons. The van der Waals surface area contributed by atoms with Gasteiger partial charge in [-0.05, 0) is 32.2 Å². The van der Waals surface area contributed by atoms with Crippen molar-refractivity contribution in [1.29, 1.82) is 0 Å². The zero-order valence-electron chi connectivity index (χ0n) is 9.75. The molecule has 1 aliphatic rings. The molecule has 0 saturated heterocycles. The summed E-state index contributed by atoms with van der Waals surface area (Å²) in [7, 11) is 1.75. The van der Waals surface area contributed by atoms with Crippen LogP contribution in [-0.4, -0.2) is 43.8 Å². The first-order valence-electron chi connectivity index (χ1n) is 5.60. The van der Waals surface area contributed by atoms with Gasteiger partial charge in [0.05, 0.1) is 6.61 Å². The summed E-state index contributed by atoms with van der Waals surface area (Å²) in [5, 5.41) is 0. The monoisotopic (exact) mass is 200 g/mol. The minimum absolute atomic E-state index is 0.00372. The first-order chi connectivity index (χ1) is 6.60. The molecule has 0 aromatic carbocycles. The van der Waals surface area contributed by atoms with Crippen LogP contribution < -0.4 is 5.73 Å². The van der Waals surface area contributed by atoms with E-state index < -0.39 is 0 Å². The van der Waals surface area contributed by atoms with Gasteiger partial charge in [0.1, 0.15) is 0 Å². The molecule has 0 bridgehead atoms. The summed E-state index contributed by atoms with van der Waals surface area (Å²) in [6.07, 6.45) is 2.63. The molecule has 0 amide bonds. The summed E-state index contributed by atoms with van der Waals surface area (Å²) in [6, 6.07) is 0. The van der Waals surface area contributed by atoms with Gasteiger partial charge in [0.2, 0.25) is 0 Å². The fraction of sp³-hybridized carbons (Fsp3) is 1.00. The van der Waals surface area contributed by atoms with Crippen molar-refractivity contribution in [3.05, 3.63) is 0 Å². The van der Waals surface area contributed by atoms with Crippen molar-refractivity contribution in [2.75, 3.05) is 33.4 Å². The molecule has 1 saturated carbocycles. The van der Waals surface area contributed by atoms with Gasteiger partial charge in [-0.1, -0.05) is 6.92 Å². The Morgan fingerprint density at radius 1 is 1.50 bits per heavy atom. The Bertz CT molecular complexity index is 167. The van der Waals surface area contributed by atoms with Crippen molar-refractivity contribution < 1.29 is 4.74 Å². The molecule has 14 heavy (non-hydrogen) atoms. The van der Waals surface area contributed by atoms with Crippen LogP contribution in [0.5, 0.6) is 0 Å². The third-order valence-corrected chi connectivity index (χ3v) is 3.13. The zero-order chi connectivity index (χ0) is 10.6. The number of hydrogen-bond donors (Lipinski definition) is 1. The molecule has 1 rings (SSSR count). The van der Waals surface area contributed by atoms with Crippen molar-refractivity contribution >= 4 is 0 Å². The highest BCUT2D eigenvalue weighted by Crippen LogP contribution is 2.38. The summed E-state index contributed by atoms with van der Waals surface area (Å²) in [6.45, 7) is 8.21. The third-order valence-electron chi connectivity index (χ3n) is 3.13. The number of nitrogens with two attached hydrogens (primary N) is 1. The molecule has 1 unspecified atom stereocenters. The van der Waals surface area contributed by atoms with Crippen LogP contribution in [0.25, 0.3) is 0 Å². The highest BCUT2D eigenvalue weighted by Gasteiger charge is 2.39. The maximum atomic E-state index is 6.29. The van der Waals surface area contributed by atoms with E-state index in [9.17, 15) is 0 Å². The van der Waals surface area contributed by atoms with Gasteiger partial charge in [-0.25, -0.2) is 0 Å². The van der Waals surface area contributed by atoms with Gasteiger partial charge < -0.3 is 10.5 Å². The lowest BCUT2D eigenvalue weighted by Gasteiger charge is -2.32. The van der Waals surface area contributed by atoms with Gasteiger partial charge in [-0.2, -0.15) is 0 Å². The summed E-state index contributed by atoms with van der Waals surface area (Å²) < 4.78 is 5.08. The highest BCUT2D eigenvalue weighted by molar-refractivity contribution is 4.97. The van der Waals surface area contributed by atoms with E-state index in [0.29, 0.717) is 0 Å². The van der Waals surface area contributed by atoms with Crippen LogP contribution in [0.1, 0.15) is 26.7 Å². The molecule has 3 nitrogen and oxygen atoms in total. The van der Waals surface area contributed by atoms with Crippen molar-refractivity contribution in [3.63, 3.8) is 0 Å². The van der Waals surface area contributed by atoms with Crippen molar-refractivity contribution in [2.45, 2.75) is 32.2 Å². The van der Waals surface area contributed by atoms with Gasteiger partial charge in [0.25, 0.3) is 0 Å². The SMILES string of the molecule is CCN(CCOC)CC(C)(N)C1CC1. The molecule has 1 atom stereocenters. The summed E-state index contributed by atoms with van der Waals surface area (Å²) in [5.74, 6) is 0.749. The molecule has 0 aromatic heterocycles. The van der Waals surface area contributed by atoms with Crippen LogP contribution >= 0.6 is 0 Å². The van der Waals surface area contributed by atoms with E-state index in [4.69, 9.17) is 10.5 Å². The number of likely N-dealkylation sites (N-methyl/N-ethyl adjacent to an activating group) is 1. The normalized spacial score (nSPS) is 21.2. The third kappa shape index (κ3) is 3.56. The van der Waals surface area contributed by atoms with E-state index in [1.165, 1.54) is 12.8 Å². The van der Waals surface area contributed by atoms with Crippen LogP contribution in [0.3, 0.4) is 0 Å². The summed E-state index contributed by atoms with van der Waals surface area (Å²) in [5.41, 5.74) is 6.29. The number of ether oxygens (including phenoxy) is 1. The fourth-order valence-electron chi connectivity index (χ4n) is 1.92. The van der Waals surface area contributed by atoms with Crippen LogP contribution in [0, 0.1) is 5.92 Å². The second-order valence-electron chi connectivity index (χ2n) is 4.64. The van der Waals surface area contributed by atoms with Crippen molar-refractivity contribution in [3.8, 4) is 0 Å². The molecule has 0 heterocycles. The maximum Gasteiger partial charge on any atom is 0.0589 e. The molecular weight excluding hydrogens is 176 g/mol. The number of methoxy groups -OCH3 is 1. The van der Waals surface area contributed by atoms with E-state index >= 15 is 0 Å². The lowest BCUT2D eigenvalue weighted by molar-refractivity contribution is 0.132. The second kappa shape index (κ2) is 5.10. The van der Waals surface area contributed by atoms with E-state index in [1.54, 1.807) is 7.11 Å². The Labute approximate surface area is 87.6 Å². The molecule has 3 heteroatoms. The molecule has 1 aliphatic carbocycles. The van der Waals surface area contributed by atoms with Crippen LogP contribution in [0.15, 0.2) is 0 Å². The quantitative estimate of drug-likeness (QED) is 0.668. The van der Waals surface area contributed by atoms with Gasteiger partial charge in [0.15, 0.2) is 0 Å². The van der Waals surface area contributed by atoms with Gasteiger partial charge >= 0.3 is 0 Å². The number of nitrogens with zero attached hydrogens (tertiary/aromatic N) is 1. The first-order valence-corrected chi connectivity index (χ1v) is 5.60. The molecule has 0 radical (unpaired) electrons. The predicted octanol–water partition coefficient (Wildman–Crippen LogP) is 1.08. The Morgan fingerprint density at radius 3 is 2.57 bits per heavy atom. The highest BCUT2D eigenvalue weighted by atomic mass is 16.5. The second-order valence-corrected chi connectivity index (χ2v) is 4.64. The Balaban J connectivity index is 2.30. The minimum Gasteiger partial charge on any atom is -0.383 e. The van der Waals surface area contributed by atoms with Crippen molar-refractivity contribution in [1.82, 2.24) is 4.90 Å². The molecule has 2 N–H and O–H groups in total. The van der Waals surface area contributed by atoms with Crippen LogP contribution in [0.2, 0.25) is 0 Å². The molecular formula is C11H24N2O. The van der Waals surface area contributed by atoms with Gasteiger partial charge in [0, 0.05) is 25.7 Å². The Kier molecular flexibility index (Phi) is 4.35. The smallest absolute Gasteiger partial charge is 0.0589 e. The van der Waals surface area contributed by atoms with Crippen molar-refractivity contribution in [2.24, 2.45) is 11.7 Å². The van der Waals surface area contributed by atoms with Gasteiger partial charge in [-0.15, -0.1) is 0 Å². The molecule has 0 spiro atoms. The Hall–Kier alpha value is -0.120. The first kappa shape index (κ1) is 12.0. The zero-order valence-corrected chi connectivity index (χ0v) is 9.75. The fourth-order valence-corrected chi connectivity index (χ4v) is 1.92. The van der Waals surface area contributed by atoms with E-state index in [2.05, 4.69) is 18.7 Å². The molecule has 0 aliphatic heterocycles. The summed E-state index contributed by atoms with van der Waals surface area (Å²) >= 11 is 0. The topological polar surface area (TPSA) is 38.5 Å². The average molecular weight is 200 g/mol. The largest absolute Gasteiger partial charge is 0.383 e. The lowest BCUT2D eigenvalue weighted by Crippen LogP contribution is -2.50. The van der Waals surface area contributed by atoms with Gasteiger partial charge in [-0.3, -0.25) is 4.90 Å². The van der Waals surface area contributed by atoms with E-state index in [0.717, 1.165) is 32.2 Å². The molecule has 0 aromatic rings. The van der Waals surface area contributed by atoms with E-state index in [-0.39, 0.29) is 5.54 Å². The Morgan fingerprint density at radius 2 is 2.14 bits per heavy atom. The van der Waals surface area contributed by atoms with E-state index in [1.807, 2.05) is 0 Å². The predicted molar refractivity (Wildman–Crippen MR) is 59.3 cm³/mol. The number of rotatable bonds is 7. The lowest BCUT2D eigenvalue weighted by atomic mass is 9.96. The molecule has 1 fully saturated rings. The van der Waals surface area contributed by atoms with Crippen LogP contribution in [-0.2, 0) is 4.74 Å². The standard InChI is InChI=1S/C11H24N2O/c1-4-13(7-8-14-3)9-11(2,12)10-5-6-10/h10H,4-9,12H2,1-3H3. The summed E-state index contributed by atoms with van der Waals surface area (Å²) in [4.78, 5) is 2.38.